The molecule has 1 N–H and O–H groups in total. The summed E-state index contributed by atoms with van der Waals surface area (Å²) in [5.74, 6) is -3.38. The zero-order chi connectivity index (χ0) is 25.7. The maximum atomic E-state index is 14.0. The molecular weight excluding hydrogens is 466 g/mol. The number of ether oxygens (including phenoxy) is 1. The molecule has 37 heavy (non-hydrogen) atoms. The highest BCUT2D eigenvalue weighted by Crippen LogP contribution is 2.64. The van der Waals surface area contributed by atoms with Gasteiger partial charge in [-0.2, -0.15) is 0 Å². The molecule has 2 bridgehead atoms. The van der Waals surface area contributed by atoms with E-state index in [2.05, 4.69) is 6.92 Å². The first kappa shape index (κ1) is 23.5. The number of imide groups is 1. The number of carboxylic acid groups (broad SMARTS) is 1. The lowest BCUT2D eigenvalue weighted by molar-refractivity contribution is -0.149. The summed E-state index contributed by atoms with van der Waals surface area (Å²) in [4.78, 5) is 42.4. The number of carbonyl (C=O) groups is 3. The summed E-state index contributed by atoms with van der Waals surface area (Å²) in [7, 11) is 0. The molecule has 6 nitrogen and oxygen atoms in total. The van der Waals surface area contributed by atoms with Crippen molar-refractivity contribution < 1.29 is 24.2 Å². The van der Waals surface area contributed by atoms with Gasteiger partial charge in [0.05, 0.1) is 24.1 Å². The van der Waals surface area contributed by atoms with E-state index in [0.29, 0.717) is 29.2 Å². The molecule has 4 aliphatic rings. The Kier molecular flexibility index (Phi) is 5.63. The fourth-order valence-corrected chi connectivity index (χ4v) is 6.80. The molecule has 0 aromatic heterocycles. The van der Waals surface area contributed by atoms with Gasteiger partial charge in [-0.25, -0.2) is 4.90 Å². The van der Waals surface area contributed by atoms with Gasteiger partial charge in [-0.3, -0.25) is 14.4 Å². The molecule has 1 aliphatic heterocycles. The van der Waals surface area contributed by atoms with Gasteiger partial charge in [0.25, 0.3) is 0 Å². The van der Waals surface area contributed by atoms with Crippen LogP contribution >= 0.6 is 0 Å². The first-order chi connectivity index (χ1) is 18.0. The monoisotopic (exact) mass is 495 g/mol. The molecule has 2 amide bonds. The van der Waals surface area contributed by atoms with E-state index in [1.807, 2.05) is 36.4 Å². The quantitative estimate of drug-likeness (QED) is 0.340. The van der Waals surface area contributed by atoms with Gasteiger partial charge in [-0.05, 0) is 52.9 Å². The number of benzene rings is 3. The van der Waals surface area contributed by atoms with Crippen LogP contribution in [-0.4, -0.2) is 29.5 Å². The SMILES string of the molecule is CCCCCCOc1ccc(N2C(=O)C3C4c5ccccc5C(C(=O)O)(c5ccccc54)C3C2=O)cc1. The predicted molar refractivity (Wildman–Crippen MR) is 139 cm³/mol. The second-order valence-corrected chi connectivity index (χ2v) is 10.2. The van der Waals surface area contributed by atoms with Crippen LogP contribution in [0.5, 0.6) is 5.75 Å². The topological polar surface area (TPSA) is 83.9 Å². The number of hydrogen-bond donors (Lipinski definition) is 1. The van der Waals surface area contributed by atoms with Crippen LogP contribution in [0.3, 0.4) is 0 Å². The zero-order valence-electron chi connectivity index (χ0n) is 20.7. The summed E-state index contributed by atoms with van der Waals surface area (Å²) in [5, 5.41) is 10.8. The van der Waals surface area contributed by atoms with Crippen molar-refractivity contribution in [1.29, 1.82) is 0 Å². The van der Waals surface area contributed by atoms with Crippen LogP contribution in [0.1, 0.15) is 60.8 Å². The molecule has 1 heterocycles. The van der Waals surface area contributed by atoms with E-state index < -0.39 is 29.1 Å². The second kappa shape index (κ2) is 8.87. The van der Waals surface area contributed by atoms with E-state index >= 15 is 0 Å². The van der Waals surface area contributed by atoms with Crippen molar-refractivity contribution in [2.24, 2.45) is 11.8 Å². The van der Waals surface area contributed by atoms with E-state index in [1.165, 1.54) is 11.3 Å². The van der Waals surface area contributed by atoms with Gasteiger partial charge in [-0.1, -0.05) is 74.7 Å². The van der Waals surface area contributed by atoms with Crippen LogP contribution in [0.4, 0.5) is 5.69 Å². The number of hydrogen-bond acceptors (Lipinski definition) is 4. The second-order valence-electron chi connectivity index (χ2n) is 10.2. The van der Waals surface area contributed by atoms with Crippen LogP contribution < -0.4 is 9.64 Å². The molecule has 7 rings (SSSR count). The Morgan fingerprint density at radius 2 is 1.49 bits per heavy atom. The molecule has 6 heteroatoms. The van der Waals surface area contributed by atoms with E-state index in [9.17, 15) is 19.5 Å². The van der Waals surface area contributed by atoms with Crippen molar-refractivity contribution in [3.05, 3.63) is 95.1 Å². The number of nitrogens with zero attached hydrogens (tertiary/aromatic N) is 1. The van der Waals surface area contributed by atoms with Gasteiger partial charge >= 0.3 is 5.97 Å². The molecule has 3 aromatic carbocycles. The van der Waals surface area contributed by atoms with Crippen molar-refractivity contribution in [3.8, 4) is 5.75 Å². The Bertz CT molecular complexity index is 1350. The maximum absolute atomic E-state index is 14.0. The van der Waals surface area contributed by atoms with Crippen molar-refractivity contribution in [3.63, 3.8) is 0 Å². The molecule has 2 unspecified atom stereocenters. The Hall–Kier alpha value is -3.93. The van der Waals surface area contributed by atoms with Crippen LogP contribution in [0, 0.1) is 11.8 Å². The minimum absolute atomic E-state index is 0.345. The highest BCUT2D eigenvalue weighted by atomic mass is 16.5. The van der Waals surface area contributed by atoms with E-state index in [1.54, 1.807) is 36.4 Å². The van der Waals surface area contributed by atoms with Crippen molar-refractivity contribution in [1.82, 2.24) is 0 Å². The smallest absolute Gasteiger partial charge is 0.319 e. The lowest BCUT2D eigenvalue weighted by atomic mass is 9.47. The Morgan fingerprint density at radius 3 is 2.08 bits per heavy atom. The lowest BCUT2D eigenvalue weighted by Gasteiger charge is -2.51. The molecule has 3 aliphatic carbocycles. The average Bonchev–Trinajstić information content (AvgIpc) is 3.19. The predicted octanol–water partition coefficient (Wildman–Crippen LogP) is 5.28. The number of amides is 2. The van der Waals surface area contributed by atoms with Crippen molar-refractivity contribution in [2.45, 2.75) is 43.9 Å². The third-order valence-corrected chi connectivity index (χ3v) is 8.32. The third kappa shape index (κ3) is 3.21. The number of carboxylic acids is 1. The summed E-state index contributed by atoms with van der Waals surface area (Å²) in [6.07, 6.45) is 4.43. The van der Waals surface area contributed by atoms with Gasteiger partial charge in [0.15, 0.2) is 0 Å². The van der Waals surface area contributed by atoms with E-state index in [4.69, 9.17) is 4.74 Å². The minimum Gasteiger partial charge on any atom is -0.494 e. The highest BCUT2D eigenvalue weighted by molar-refractivity contribution is 6.25. The van der Waals surface area contributed by atoms with Gasteiger partial charge in [0.2, 0.25) is 11.8 Å². The van der Waals surface area contributed by atoms with Gasteiger partial charge < -0.3 is 9.84 Å². The summed E-state index contributed by atoms with van der Waals surface area (Å²) in [5.41, 5.74) is 1.69. The zero-order valence-corrected chi connectivity index (χ0v) is 20.7. The molecule has 1 fully saturated rings. The molecule has 3 aromatic rings. The molecule has 1 saturated heterocycles. The van der Waals surface area contributed by atoms with E-state index in [-0.39, 0.29) is 11.8 Å². The van der Waals surface area contributed by atoms with Crippen molar-refractivity contribution >= 4 is 23.5 Å². The summed E-state index contributed by atoms with van der Waals surface area (Å²) in [6, 6.07) is 21.7. The molecule has 0 radical (unpaired) electrons. The van der Waals surface area contributed by atoms with Crippen LogP contribution in [0.15, 0.2) is 72.8 Å². The van der Waals surface area contributed by atoms with Crippen LogP contribution in [0.2, 0.25) is 0 Å². The largest absolute Gasteiger partial charge is 0.494 e. The molecule has 0 spiro atoms. The first-order valence-electron chi connectivity index (χ1n) is 13.0. The van der Waals surface area contributed by atoms with Crippen molar-refractivity contribution in [2.75, 3.05) is 11.5 Å². The summed E-state index contributed by atoms with van der Waals surface area (Å²) in [6.45, 7) is 2.78. The third-order valence-electron chi connectivity index (χ3n) is 8.32. The Balaban J connectivity index is 1.39. The van der Waals surface area contributed by atoms with Gasteiger partial charge in [0.1, 0.15) is 11.2 Å². The number of carbonyl (C=O) groups excluding carboxylic acids is 2. The van der Waals surface area contributed by atoms with Crippen LogP contribution in [-0.2, 0) is 19.8 Å². The summed E-state index contributed by atoms with van der Waals surface area (Å²) < 4.78 is 5.83. The van der Waals surface area contributed by atoms with E-state index in [0.717, 1.165) is 30.4 Å². The van der Waals surface area contributed by atoms with Crippen LogP contribution in [0.25, 0.3) is 0 Å². The number of anilines is 1. The number of unbranched alkanes of at least 4 members (excludes halogenated alkanes) is 3. The summed E-state index contributed by atoms with van der Waals surface area (Å²) >= 11 is 0. The normalized spacial score (nSPS) is 25.0. The molecule has 2 atom stereocenters. The standard InChI is InChI=1S/C31H29NO5/c1-2-3-4-9-18-37-20-16-14-19(15-17-20)32-28(33)26-25-21-10-5-7-12-23(21)31(30(35)36,27(26)29(32)34)24-13-8-6-11-22(24)25/h5-8,10-17,25-27H,2-4,9,18H2,1H3,(H,35,36). The number of aliphatic carboxylic acids is 1. The molecule has 188 valence electrons. The maximum Gasteiger partial charge on any atom is 0.319 e. The fourth-order valence-electron chi connectivity index (χ4n) is 6.80. The fraction of sp³-hybridized carbons (Fsp3) is 0.323. The first-order valence-corrected chi connectivity index (χ1v) is 13.0. The average molecular weight is 496 g/mol. The molecule has 0 saturated carbocycles. The number of rotatable bonds is 8. The van der Waals surface area contributed by atoms with Gasteiger partial charge in [0, 0.05) is 5.92 Å². The minimum atomic E-state index is -1.62. The highest BCUT2D eigenvalue weighted by Gasteiger charge is 2.71. The molecular formula is C31H29NO5. The van der Waals surface area contributed by atoms with Gasteiger partial charge in [-0.15, -0.1) is 0 Å². The Labute approximate surface area is 215 Å². The lowest BCUT2D eigenvalue weighted by Crippen LogP contribution is -2.57. The Morgan fingerprint density at radius 1 is 0.865 bits per heavy atom.